The van der Waals surface area contributed by atoms with Crippen LogP contribution in [-0.4, -0.2) is 18.4 Å². The summed E-state index contributed by atoms with van der Waals surface area (Å²) in [6.45, 7) is 6.85. The lowest BCUT2D eigenvalue weighted by Gasteiger charge is -2.40. The van der Waals surface area contributed by atoms with Crippen molar-refractivity contribution in [1.82, 2.24) is 0 Å². The van der Waals surface area contributed by atoms with Crippen molar-refractivity contribution >= 4 is 11.5 Å². The van der Waals surface area contributed by atoms with E-state index in [0.29, 0.717) is 17.5 Å². The van der Waals surface area contributed by atoms with Crippen molar-refractivity contribution in [1.29, 1.82) is 0 Å². The summed E-state index contributed by atoms with van der Waals surface area (Å²) >= 11 is 0. The highest BCUT2D eigenvalue weighted by atomic mass is 19.1. The van der Waals surface area contributed by atoms with Crippen molar-refractivity contribution < 1.29 is 9.18 Å². The lowest BCUT2D eigenvalue weighted by atomic mass is 9.91. The van der Waals surface area contributed by atoms with Crippen LogP contribution in [0, 0.1) is 11.7 Å². The number of hydrogen-bond acceptors (Lipinski definition) is 2. The van der Waals surface area contributed by atoms with Gasteiger partial charge in [-0.3, -0.25) is 4.79 Å². The minimum absolute atomic E-state index is 0.0741. The van der Waals surface area contributed by atoms with Gasteiger partial charge in [-0.25, -0.2) is 4.39 Å². The van der Waals surface area contributed by atoms with Crippen LogP contribution < -0.4 is 4.90 Å². The van der Waals surface area contributed by atoms with Gasteiger partial charge in [-0.2, -0.15) is 0 Å². The summed E-state index contributed by atoms with van der Waals surface area (Å²) in [5.41, 5.74) is 1.37. The number of piperidine rings is 1. The van der Waals surface area contributed by atoms with Gasteiger partial charge in [0.1, 0.15) is 5.82 Å². The Hall–Kier alpha value is -1.38. The summed E-state index contributed by atoms with van der Waals surface area (Å²) in [6.07, 6.45) is 2.34. The monoisotopic (exact) mass is 249 g/mol. The zero-order chi connectivity index (χ0) is 13.3. The summed E-state index contributed by atoms with van der Waals surface area (Å²) in [5.74, 6) is 0.181. The third-order valence-electron chi connectivity index (χ3n) is 4.02. The number of hydrogen-bond donors (Lipinski definition) is 0. The minimum Gasteiger partial charge on any atom is -0.368 e. The Labute approximate surface area is 108 Å². The smallest absolute Gasteiger partial charge is 0.161 e. The second-order valence-electron chi connectivity index (χ2n) is 5.27. The molecule has 2 nitrogen and oxygen atoms in total. The molecule has 2 unspecified atom stereocenters. The Morgan fingerprint density at radius 3 is 2.78 bits per heavy atom. The van der Waals surface area contributed by atoms with E-state index in [9.17, 15) is 9.18 Å². The summed E-state index contributed by atoms with van der Waals surface area (Å²) in [6, 6.07) is 4.92. The standard InChI is InChI=1S/C15H20FNO/c1-10-5-4-8-17(11(10)2)15-7-6-13(16)9-14(15)12(3)18/h6-7,9-11H,4-5,8H2,1-3H3. The quantitative estimate of drug-likeness (QED) is 0.746. The summed E-state index contributed by atoms with van der Waals surface area (Å²) in [7, 11) is 0. The van der Waals surface area contributed by atoms with Gasteiger partial charge < -0.3 is 4.90 Å². The molecule has 1 aromatic carbocycles. The predicted octanol–water partition coefficient (Wildman–Crippen LogP) is 3.65. The van der Waals surface area contributed by atoms with Crippen molar-refractivity contribution in [2.24, 2.45) is 5.92 Å². The van der Waals surface area contributed by atoms with Crippen LogP contribution in [0.1, 0.15) is 44.0 Å². The van der Waals surface area contributed by atoms with Gasteiger partial charge in [0.2, 0.25) is 0 Å². The number of rotatable bonds is 2. The third-order valence-corrected chi connectivity index (χ3v) is 4.02. The maximum atomic E-state index is 13.3. The summed E-state index contributed by atoms with van der Waals surface area (Å²) in [4.78, 5) is 13.9. The van der Waals surface area contributed by atoms with E-state index in [2.05, 4.69) is 18.7 Å². The number of ketones is 1. The van der Waals surface area contributed by atoms with Crippen LogP contribution in [0.4, 0.5) is 10.1 Å². The highest BCUT2D eigenvalue weighted by molar-refractivity contribution is 5.99. The Balaban J connectivity index is 2.40. The Morgan fingerprint density at radius 1 is 1.39 bits per heavy atom. The first-order valence-electron chi connectivity index (χ1n) is 6.58. The van der Waals surface area contributed by atoms with E-state index in [1.807, 2.05) is 0 Å². The van der Waals surface area contributed by atoms with Crippen LogP contribution >= 0.6 is 0 Å². The number of carbonyl (C=O) groups is 1. The molecule has 0 saturated carbocycles. The molecule has 0 radical (unpaired) electrons. The Kier molecular flexibility index (Phi) is 3.69. The van der Waals surface area contributed by atoms with Crippen LogP contribution in [0.2, 0.25) is 0 Å². The van der Waals surface area contributed by atoms with Crippen LogP contribution in [0.3, 0.4) is 0 Å². The first-order valence-corrected chi connectivity index (χ1v) is 6.58. The first-order chi connectivity index (χ1) is 8.50. The molecule has 0 N–H and O–H groups in total. The predicted molar refractivity (Wildman–Crippen MR) is 71.6 cm³/mol. The van der Waals surface area contributed by atoms with Gasteiger partial charge in [0.15, 0.2) is 5.78 Å². The second-order valence-corrected chi connectivity index (χ2v) is 5.27. The van der Waals surface area contributed by atoms with E-state index in [0.717, 1.165) is 18.7 Å². The highest BCUT2D eigenvalue weighted by Gasteiger charge is 2.27. The van der Waals surface area contributed by atoms with Gasteiger partial charge in [-0.05, 0) is 50.8 Å². The number of anilines is 1. The zero-order valence-electron chi connectivity index (χ0n) is 11.2. The van der Waals surface area contributed by atoms with Crippen LogP contribution in [0.5, 0.6) is 0 Å². The van der Waals surface area contributed by atoms with Crippen molar-refractivity contribution in [3.8, 4) is 0 Å². The molecule has 1 saturated heterocycles. The number of halogens is 1. The van der Waals surface area contributed by atoms with Gasteiger partial charge in [0, 0.05) is 23.8 Å². The molecular weight excluding hydrogens is 229 g/mol. The lowest BCUT2D eigenvalue weighted by molar-refractivity contribution is 0.101. The fourth-order valence-corrected chi connectivity index (χ4v) is 2.72. The lowest BCUT2D eigenvalue weighted by Crippen LogP contribution is -2.43. The van der Waals surface area contributed by atoms with Gasteiger partial charge in [-0.15, -0.1) is 0 Å². The molecule has 0 aromatic heterocycles. The topological polar surface area (TPSA) is 20.3 Å². The molecule has 0 amide bonds. The second kappa shape index (κ2) is 5.09. The van der Waals surface area contributed by atoms with Gasteiger partial charge in [0.25, 0.3) is 0 Å². The van der Waals surface area contributed by atoms with E-state index >= 15 is 0 Å². The third kappa shape index (κ3) is 2.40. The molecule has 1 fully saturated rings. The highest BCUT2D eigenvalue weighted by Crippen LogP contribution is 2.31. The molecular formula is C15H20FNO. The van der Waals surface area contributed by atoms with Crippen molar-refractivity contribution in [2.75, 3.05) is 11.4 Å². The molecule has 1 aromatic rings. The average molecular weight is 249 g/mol. The van der Waals surface area contributed by atoms with Crippen LogP contribution in [0.15, 0.2) is 18.2 Å². The Bertz CT molecular complexity index is 458. The molecule has 18 heavy (non-hydrogen) atoms. The Morgan fingerprint density at radius 2 is 2.11 bits per heavy atom. The summed E-state index contributed by atoms with van der Waals surface area (Å²) < 4.78 is 13.3. The molecule has 1 aliphatic rings. The molecule has 0 aliphatic carbocycles. The van der Waals surface area contributed by atoms with E-state index < -0.39 is 0 Å². The van der Waals surface area contributed by atoms with Gasteiger partial charge in [-0.1, -0.05) is 6.92 Å². The van der Waals surface area contributed by atoms with Crippen LogP contribution in [-0.2, 0) is 0 Å². The van der Waals surface area contributed by atoms with Crippen molar-refractivity contribution in [2.45, 2.75) is 39.7 Å². The number of nitrogens with zero attached hydrogens (tertiary/aromatic N) is 1. The van der Waals surface area contributed by atoms with Crippen LogP contribution in [0.25, 0.3) is 0 Å². The molecule has 0 spiro atoms. The fraction of sp³-hybridized carbons (Fsp3) is 0.533. The average Bonchev–Trinajstić information content (AvgIpc) is 2.33. The number of benzene rings is 1. The molecule has 2 rings (SSSR count). The van der Waals surface area contributed by atoms with E-state index in [1.54, 1.807) is 6.07 Å². The SMILES string of the molecule is CC(=O)c1cc(F)ccc1N1CCCC(C)C1C. The number of Topliss-reactive ketones (excluding diaryl/α,β-unsaturated/α-hetero) is 1. The van der Waals surface area contributed by atoms with Gasteiger partial charge >= 0.3 is 0 Å². The normalized spacial score (nSPS) is 24.1. The molecule has 1 aliphatic heterocycles. The summed E-state index contributed by atoms with van der Waals surface area (Å²) in [5, 5.41) is 0. The van der Waals surface area contributed by atoms with E-state index in [-0.39, 0.29) is 11.6 Å². The molecule has 1 heterocycles. The first kappa shape index (κ1) is 13.1. The fourth-order valence-electron chi connectivity index (χ4n) is 2.72. The molecule has 98 valence electrons. The van der Waals surface area contributed by atoms with Crippen molar-refractivity contribution in [3.05, 3.63) is 29.6 Å². The largest absolute Gasteiger partial charge is 0.368 e. The number of carbonyl (C=O) groups excluding carboxylic acids is 1. The van der Waals surface area contributed by atoms with Crippen molar-refractivity contribution in [3.63, 3.8) is 0 Å². The van der Waals surface area contributed by atoms with Gasteiger partial charge in [0.05, 0.1) is 0 Å². The maximum Gasteiger partial charge on any atom is 0.161 e. The minimum atomic E-state index is -0.346. The van der Waals surface area contributed by atoms with E-state index in [1.165, 1.54) is 25.5 Å². The zero-order valence-corrected chi connectivity index (χ0v) is 11.2. The molecule has 3 heteroatoms. The maximum absolute atomic E-state index is 13.3. The molecule has 2 atom stereocenters. The van der Waals surface area contributed by atoms with E-state index in [4.69, 9.17) is 0 Å². The molecule has 0 bridgehead atoms.